The molecule has 0 aliphatic heterocycles. The summed E-state index contributed by atoms with van der Waals surface area (Å²) in [6.07, 6.45) is 12.0. The van der Waals surface area contributed by atoms with E-state index in [4.69, 9.17) is 4.98 Å². The van der Waals surface area contributed by atoms with Gasteiger partial charge in [0, 0.05) is 34.8 Å². The monoisotopic (exact) mass is 430 g/mol. The smallest absolute Gasteiger partial charge is 0.142 e. The van der Waals surface area contributed by atoms with Gasteiger partial charge in [0.25, 0.3) is 0 Å². The highest BCUT2D eigenvalue weighted by molar-refractivity contribution is 5.95. The number of aromatic nitrogens is 4. The highest BCUT2D eigenvalue weighted by Gasteiger charge is 2.41. The Hall–Kier alpha value is -2.69. The molecule has 2 bridgehead atoms. The van der Waals surface area contributed by atoms with Gasteiger partial charge in [-0.15, -0.1) is 0 Å². The van der Waals surface area contributed by atoms with Gasteiger partial charge in [0.15, 0.2) is 0 Å². The van der Waals surface area contributed by atoms with Gasteiger partial charge in [-0.1, -0.05) is 6.92 Å². The third kappa shape index (κ3) is 3.08. The lowest BCUT2D eigenvalue weighted by atomic mass is 9.58. The van der Waals surface area contributed by atoms with Crippen LogP contribution in [-0.4, -0.2) is 19.5 Å². The summed E-state index contributed by atoms with van der Waals surface area (Å²) >= 11 is 0. The standard InChI is InChI=1S/C27H31FN4/c1-15(2)32-9-8-20-24(11-21-16(3)17-4-6-18(21)7-5-17)31-25(12-26(20)32)23-14-30-27-22(23)10-19(28)13-29-27/h8-10,12-18,21H,4-7,11H2,1-3H3,(H,29,30). The van der Waals surface area contributed by atoms with Gasteiger partial charge in [-0.3, -0.25) is 4.98 Å². The summed E-state index contributed by atoms with van der Waals surface area (Å²) in [5.74, 6) is 2.86. The minimum Gasteiger partial charge on any atom is -0.345 e. The van der Waals surface area contributed by atoms with Crippen molar-refractivity contribution in [1.82, 2.24) is 19.5 Å². The molecule has 166 valence electrons. The summed E-state index contributed by atoms with van der Waals surface area (Å²) in [6.45, 7) is 6.90. The lowest BCUT2D eigenvalue weighted by Gasteiger charge is -2.47. The van der Waals surface area contributed by atoms with Crippen LogP contribution in [0.3, 0.4) is 0 Å². The van der Waals surface area contributed by atoms with Gasteiger partial charge in [-0.25, -0.2) is 9.37 Å². The van der Waals surface area contributed by atoms with Crippen molar-refractivity contribution in [1.29, 1.82) is 0 Å². The summed E-state index contributed by atoms with van der Waals surface area (Å²) in [5, 5.41) is 2.05. The first-order chi connectivity index (χ1) is 15.5. The average molecular weight is 431 g/mol. The molecule has 0 spiro atoms. The van der Waals surface area contributed by atoms with Crippen LogP contribution >= 0.6 is 0 Å². The molecule has 0 saturated heterocycles. The van der Waals surface area contributed by atoms with Gasteiger partial charge in [0.05, 0.1) is 23.1 Å². The first kappa shape index (κ1) is 20.0. The molecular weight excluding hydrogens is 399 g/mol. The fraction of sp³-hybridized carbons (Fsp3) is 0.481. The van der Waals surface area contributed by atoms with Crippen molar-refractivity contribution in [2.24, 2.45) is 23.7 Å². The van der Waals surface area contributed by atoms with Crippen LogP contribution in [0.25, 0.3) is 33.2 Å². The second-order valence-corrected chi connectivity index (χ2v) is 10.4. The lowest BCUT2D eigenvalue weighted by molar-refractivity contribution is 0.0341. The molecular formula is C27H31FN4. The molecule has 4 aromatic heterocycles. The molecule has 3 aliphatic carbocycles. The minimum atomic E-state index is -0.322. The van der Waals surface area contributed by atoms with Gasteiger partial charge < -0.3 is 9.55 Å². The number of H-pyrrole nitrogens is 1. The normalized spacial score (nSPS) is 25.4. The first-order valence-corrected chi connectivity index (χ1v) is 12.1. The number of rotatable bonds is 4. The Kier molecular flexibility index (Phi) is 4.63. The first-order valence-electron chi connectivity index (χ1n) is 12.1. The third-order valence-electron chi connectivity index (χ3n) is 8.40. The van der Waals surface area contributed by atoms with Crippen LogP contribution in [0.1, 0.15) is 58.2 Å². The zero-order valence-electron chi connectivity index (χ0n) is 19.1. The van der Waals surface area contributed by atoms with Crippen LogP contribution in [-0.2, 0) is 6.42 Å². The fourth-order valence-corrected chi connectivity index (χ4v) is 6.61. The molecule has 5 heteroatoms. The molecule has 4 heterocycles. The molecule has 0 amide bonds. The highest BCUT2D eigenvalue weighted by Crippen LogP contribution is 2.50. The van der Waals surface area contributed by atoms with E-state index >= 15 is 0 Å². The van der Waals surface area contributed by atoms with Crippen LogP contribution in [0.5, 0.6) is 0 Å². The summed E-state index contributed by atoms with van der Waals surface area (Å²) < 4.78 is 16.3. The van der Waals surface area contributed by atoms with E-state index in [9.17, 15) is 4.39 Å². The molecule has 3 fully saturated rings. The molecule has 0 aromatic carbocycles. The van der Waals surface area contributed by atoms with E-state index in [1.807, 2.05) is 6.20 Å². The third-order valence-corrected chi connectivity index (χ3v) is 8.40. The van der Waals surface area contributed by atoms with Crippen molar-refractivity contribution in [2.75, 3.05) is 0 Å². The Morgan fingerprint density at radius 2 is 1.91 bits per heavy atom. The van der Waals surface area contributed by atoms with Crippen molar-refractivity contribution in [3.05, 3.63) is 48.3 Å². The SMILES string of the molecule is CC1C2CCC(CC2)C1Cc1nc(-c2c[nH]c3ncc(F)cc23)cc2c1ccn2C(C)C. The van der Waals surface area contributed by atoms with E-state index in [1.165, 1.54) is 48.5 Å². The maximum atomic E-state index is 14.0. The van der Waals surface area contributed by atoms with Crippen molar-refractivity contribution in [3.63, 3.8) is 0 Å². The number of aromatic amines is 1. The van der Waals surface area contributed by atoms with E-state index in [0.29, 0.717) is 17.6 Å². The molecule has 0 radical (unpaired) electrons. The summed E-state index contributed by atoms with van der Waals surface area (Å²) in [4.78, 5) is 12.6. The lowest BCUT2D eigenvalue weighted by Crippen LogP contribution is -2.39. The Morgan fingerprint density at radius 1 is 1.12 bits per heavy atom. The Morgan fingerprint density at radius 3 is 2.66 bits per heavy atom. The van der Waals surface area contributed by atoms with Crippen molar-refractivity contribution in [2.45, 2.75) is 58.9 Å². The van der Waals surface area contributed by atoms with Gasteiger partial charge >= 0.3 is 0 Å². The van der Waals surface area contributed by atoms with Gasteiger partial charge in [0.2, 0.25) is 0 Å². The van der Waals surface area contributed by atoms with E-state index < -0.39 is 0 Å². The Labute approximate surface area is 188 Å². The van der Waals surface area contributed by atoms with E-state index in [2.05, 4.69) is 53.6 Å². The predicted octanol–water partition coefficient (Wildman–Crippen LogP) is 6.91. The number of fused-ring (bicyclic) bond motifs is 5. The van der Waals surface area contributed by atoms with Crippen LogP contribution < -0.4 is 0 Å². The van der Waals surface area contributed by atoms with Crippen molar-refractivity contribution in [3.8, 4) is 11.3 Å². The van der Waals surface area contributed by atoms with E-state index in [1.54, 1.807) is 6.07 Å². The molecule has 3 saturated carbocycles. The molecule has 3 aliphatic rings. The molecule has 1 N–H and O–H groups in total. The van der Waals surface area contributed by atoms with Gasteiger partial charge in [-0.2, -0.15) is 0 Å². The topological polar surface area (TPSA) is 46.5 Å². The van der Waals surface area contributed by atoms with Crippen LogP contribution in [0.2, 0.25) is 0 Å². The van der Waals surface area contributed by atoms with E-state index in [-0.39, 0.29) is 5.82 Å². The average Bonchev–Trinajstić information content (AvgIpc) is 3.40. The number of nitrogens with zero attached hydrogens (tertiary/aromatic N) is 3. The second kappa shape index (κ2) is 7.43. The number of hydrogen-bond acceptors (Lipinski definition) is 2. The van der Waals surface area contributed by atoms with Gasteiger partial charge in [-0.05, 0) is 87.8 Å². The zero-order chi connectivity index (χ0) is 22.0. The molecule has 2 atom stereocenters. The molecule has 4 nitrogen and oxygen atoms in total. The van der Waals surface area contributed by atoms with Crippen LogP contribution in [0.15, 0.2) is 36.8 Å². The molecule has 2 unspecified atom stereocenters. The molecule has 4 aromatic rings. The number of hydrogen-bond donors (Lipinski definition) is 1. The fourth-order valence-electron chi connectivity index (χ4n) is 6.61. The minimum absolute atomic E-state index is 0.322. The largest absolute Gasteiger partial charge is 0.345 e. The quantitative estimate of drug-likeness (QED) is 0.382. The maximum absolute atomic E-state index is 14.0. The van der Waals surface area contributed by atoms with Crippen LogP contribution in [0.4, 0.5) is 4.39 Å². The Balaban J connectivity index is 1.51. The van der Waals surface area contributed by atoms with Crippen molar-refractivity contribution >= 4 is 21.9 Å². The van der Waals surface area contributed by atoms with Crippen molar-refractivity contribution < 1.29 is 4.39 Å². The van der Waals surface area contributed by atoms with E-state index in [0.717, 1.165) is 40.8 Å². The number of pyridine rings is 2. The van der Waals surface area contributed by atoms with Gasteiger partial charge in [0.1, 0.15) is 11.5 Å². The number of nitrogens with one attached hydrogen (secondary N) is 1. The predicted molar refractivity (Wildman–Crippen MR) is 127 cm³/mol. The number of halogens is 1. The second-order valence-electron chi connectivity index (χ2n) is 10.4. The Bertz CT molecular complexity index is 1290. The molecule has 7 rings (SSSR count). The van der Waals surface area contributed by atoms with Crippen LogP contribution in [0, 0.1) is 29.5 Å². The zero-order valence-corrected chi connectivity index (χ0v) is 19.1. The maximum Gasteiger partial charge on any atom is 0.142 e. The summed E-state index contributed by atoms with van der Waals surface area (Å²) in [5.41, 5.74) is 4.93. The summed E-state index contributed by atoms with van der Waals surface area (Å²) in [6, 6.07) is 6.33. The molecule has 32 heavy (non-hydrogen) atoms. The summed E-state index contributed by atoms with van der Waals surface area (Å²) in [7, 11) is 0. The highest BCUT2D eigenvalue weighted by atomic mass is 19.1.